The summed E-state index contributed by atoms with van der Waals surface area (Å²) < 4.78 is 9.34. The number of carbonyl (C=O) groups excluding carboxylic acids is 2. The number of rotatable bonds is 6. The van der Waals surface area contributed by atoms with Gasteiger partial charge in [-0.25, -0.2) is 4.79 Å². The molecule has 0 bridgehead atoms. The van der Waals surface area contributed by atoms with Crippen LogP contribution in [0.5, 0.6) is 0 Å². The van der Waals surface area contributed by atoms with Crippen molar-refractivity contribution >= 4 is 27.7 Å². The summed E-state index contributed by atoms with van der Waals surface area (Å²) in [6.07, 6.45) is 0. The molecule has 0 aromatic carbocycles. The molecule has 0 heterocycles. The molecule has 0 N–H and O–H groups in total. The molecular weight excluding hydrogens is 240 g/mol. The molecule has 0 aliphatic carbocycles. The molecule has 0 aromatic rings. The van der Waals surface area contributed by atoms with Gasteiger partial charge in [-0.3, -0.25) is 4.79 Å². The SMILES string of the molecule is C=C(OCC(=O)CBr)C(=O)OCC. The molecule has 0 spiro atoms. The van der Waals surface area contributed by atoms with E-state index in [0.717, 1.165) is 0 Å². The lowest BCUT2D eigenvalue weighted by Crippen LogP contribution is -2.15. The summed E-state index contributed by atoms with van der Waals surface area (Å²) in [6, 6.07) is 0. The molecule has 4 nitrogen and oxygen atoms in total. The Kier molecular flexibility index (Phi) is 6.22. The summed E-state index contributed by atoms with van der Waals surface area (Å²) in [5.74, 6) is -0.938. The summed E-state index contributed by atoms with van der Waals surface area (Å²) in [7, 11) is 0. The van der Waals surface area contributed by atoms with Crippen LogP contribution in [0, 0.1) is 0 Å². The predicted octanol–water partition coefficient (Wildman–Crippen LogP) is 1.04. The van der Waals surface area contributed by atoms with Crippen LogP contribution in [0.2, 0.25) is 0 Å². The Morgan fingerprint density at radius 1 is 1.38 bits per heavy atom. The van der Waals surface area contributed by atoms with Crippen molar-refractivity contribution in [1.29, 1.82) is 0 Å². The van der Waals surface area contributed by atoms with Gasteiger partial charge in [0.1, 0.15) is 6.61 Å². The van der Waals surface area contributed by atoms with E-state index in [1.807, 2.05) is 0 Å². The van der Waals surface area contributed by atoms with Crippen molar-refractivity contribution in [3.8, 4) is 0 Å². The fourth-order valence-corrected chi connectivity index (χ4v) is 0.639. The van der Waals surface area contributed by atoms with E-state index in [1.54, 1.807) is 6.92 Å². The summed E-state index contributed by atoms with van der Waals surface area (Å²) in [5.41, 5.74) is 0. The zero-order valence-electron chi connectivity index (χ0n) is 7.34. The highest BCUT2D eigenvalue weighted by Crippen LogP contribution is 1.97. The van der Waals surface area contributed by atoms with Crippen molar-refractivity contribution in [2.24, 2.45) is 0 Å². The molecule has 5 heteroatoms. The standard InChI is InChI=1S/C8H11BrO4/c1-3-12-8(11)6(2)13-5-7(10)4-9/h2-5H2,1H3. The van der Waals surface area contributed by atoms with E-state index in [2.05, 4.69) is 27.2 Å². The van der Waals surface area contributed by atoms with Gasteiger partial charge in [0.15, 0.2) is 11.5 Å². The van der Waals surface area contributed by atoms with Gasteiger partial charge < -0.3 is 9.47 Å². The first kappa shape index (κ1) is 12.2. The highest BCUT2D eigenvalue weighted by atomic mass is 79.9. The third-order valence-electron chi connectivity index (χ3n) is 1.06. The van der Waals surface area contributed by atoms with Crippen molar-refractivity contribution in [2.45, 2.75) is 6.92 Å². The first-order valence-electron chi connectivity index (χ1n) is 3.68. The van der Waals surface area contributed by atoms with Gasteiger partial charge in [-0.1, -0.05) is 15.9 Å². The smallest absolute Gasteiger partial charge is 0.372 e. The fourth-order valence-electron chi connectivity index (χ4n) is 0.477. The minimum atomic E-state index is -0.634. The second-order valence-corrected chi connectivity index (χ2v) is 2.67. The summed E-state index contributed by atoms with van der Waals surface area (Å²) in [4.78, 5) is 21.6. The Morgan fingerprint density at radius 3 is 2.46 bits per heavy atom. The lowest BCUT2D eigenvalue weighted by Gasteiger charge is -2.05. The molecule has 0 saturated carbocycles. The van der Waals surface area contributed by atoms with Crippen molar-refractivity contribution in [2.75, 3.05) is 18.5 Å². The third kappa shape index (κ3) is 5.41. The lowest BCUT2D eigenvalue weighted by atomic mass is 10.5. The number of halogens is 1. The summed E-state index contributed by atoms with van der Waals surface area (Å²) in [5, 5.41) is 0.198. The van der Waals surface area contributed by atoms with Gasteiger partial charge >= 0.3 is 5.97 Å². The molecule has 0 unspecified atom stereocenters. The summed E-state index contributed by atoms with van der Waals surface area (Å²) >= 11 is 2.96. The van der Waals surface area contributed by atoms with Crippen LogP contribution in [0.1, 0.15) is 6.92 Å². The molecule has 0 aliphatic heterocycles. The van der Waals surface area contributed by atoms with E-state index in [1.165, 1.54) is 0 Å². The maximum absolute atomic E-state index is 10.9. The van der Waals surface area contributed by atoms with Crippen LogP contribution in [0.4, 0.5) is 0 Å². The van der Waals surface area contributed by atoms with Gasteiger partial charge in [0, 0.05) is 0 Å². The molecule has 0 atom stereocenters. The van der Waals surface area contributed by atoms with Crippen LogP contribution in [0.3, 0.4) is 0 Å². The van der Waals surface area contributed by atoms with E-state index in [0.29, 0.717) is 0 Å². The predicted molar refractivity (Wildman–Crippen MR) is 50.5 cm³/mol. The maximum Gasteiger partial charge on any atom is 0.372 e. The number of Topliss-reactive ketones (excluding diaryl/α,β-unsaturated/α-hetero) is 1. The molecule has 0 aliphatic rings. The lowest BCUT2D eigenvalue weighted by molar-refractivity contribution is -0.142. The average Bonchev–Trinajstić information content (AvgIpc) is 2.13. The van der Waals surface area contributed by atoms with Crippen molar-refractivity contribution in [3.05, 3.63) is 12.3 Å². The topological polar surface area (TPSA) is 52.6 Å². The second-order valence-electron chi connectivity index (χ2n) is 2.10. The second kappa shape index (κ2) is 6.65. The quantitative estimate of drug-likeness (QED) is 0.306. The minimum absolute atomic E-state index is 0.142. The van der Waals surface area contributed by atoms with Crippen LogP contribution in [0.25, 0.3) is 0 Å². The Bertz CT molecular complexity index is 212. The van der Waals surface area contributed by atoms with Gasteiger partial charge in [0.2, 0.25) is 0 Å². The molecule has 13 heavy (non-hydrogen) atoms. The van der Waals surface area contributed by atoms with Gasteiger partial charge in [-0.05, 0) is 13.5 Å². The maximum atomic E-state index is 10.9. The largest absolute Gasteiger partial charge is 0.479 e. The monoisotopic (exact) mass is 250 g/mol. The van der Waals surface area contributed by atoms with Gasteiger partial charge in [0.25, 0.3) is 0 Å². The minimum Gasteiger partial charge on any atom is -0.479 e. The molecule has 0 radical (unpaired) electrons. The first-order valence-corrected chi connectivity index (χ1v) is 4.80. The van der Waals surface area contributed by atoms with E-state index in [-0.39, 0.29) is 30.1 Å². The molecule has 74 valence electrons. The number of alkyl halides is 1. The average molecular weight is 251 g/mol. The number of esters is 1. The number of ketones is 1. The Balaban J connectivity index is 3.74. The van der Waals surface area contributed by atoms with Crippen LogP contribution >= 0.6 is 15.9 Å². The fraction of sp³-hybridized carbons (Fsp3) is 0.500. The van der Waals surface area contributed by atoms with Gasteiger partial charge in [0.05, 0.1) is 11.9 Å². The Labute approximate surface area is 85.0 Å². The van der Waals surface area contributed by atoms with Gasteiger partial charge in [-0.15, -0.1) is 0 Å². The zero-order valence-corrected chi connectivity index (χ0v) is 8.93. The van der Waals surface area contributed by atoms with E-state index >= 15 is 0 Å². The molecule has 0 saturated heterocycles. The van der Waals surface area contributed by atoms with Crippen LogP contribution in [-0.4, -0.2) is 30.3 Å². The normalized spacial score (nSPS) is 9.08. The third-order valence-corrected chi connectivity index (χ3v) is 1.68. The van der Waals surface area contributed by atoms with Crippen molar-refractivity contribution < 1.29 is 19.1 Å². The van der Waals surface area contributed by atoms with E-state index in [4.69, 9.17) is 4.74 Å². The number of hydrogen-bond acceptors (Lipinski definition) is 4. The zero-order chi connectivity index (χ0) is 10.3. The number of ether oxygens (including phenoxy) is 2. The van der Waals surface area contributed by atoms with Crippen LogP contribution in [-0.2, 0) is 19.1 Å². The molecule has 0 amide bonds. The van der Waals surface area contributed by atoms with Crippen LogP contribution < -0.4 is 0 Å². The highest BCUT2D eigenvalue weighted by molar-refractivity contribution is 9.09. The van der Waals surface area contributed by atoms with E-state index < -0.39 is 5.97 Å². The molecule has 0 fully saturated rings. The highest BCUT2D eigenvalue weighted by Gasteiger charge is 2.10. The van der Waals surface area contributed by atoms with Crippen molar-refractivity contribution in [1.82, 2.24) is 0 Å². The first-order chi connectivity index (χ1) is 6.11. The summed E-state index contributed by atoms with van der Waals surface area (Å²) in [6.45, 7) is 5.08. The Morgan fingerprint density at radius 2 is 2.00 bits per heavy atom. The van der Waals surface area contributed by atoms with E-state index in [9.17, 15) is 9.59 Å². The van der Waals surface area contributed by atoms with Crippen LogP contribution in [0.15, 0.2) is 12.3 Å². The number of hydrogen-bond donors (Lipinski definition) is 0. The van der Waals surface area contributed by atoms with Gasteiger partial charge in [-0.2, -0.15) is 0 Å². The molecule has 0 aromatic heterocycles. The number of carbonyl (C=O) groups is 2. The van der Waals surface area contributed by atoms with Crippen molar-refractivity contribution in [3.63, 3.8) is 0 Å². The Hall–Kier alpha value is -0.840. The molecule has 0 rings (SSSR count). The molecular formula is C8H11BrO4.